The Morgan fingerprint density at radius 1 is 1.09 bits per heavy atom. The Morgan fingerprint density at radius 3 is 2.43 bits per heavy atom. The van der Waals surface area contributed by atoms with Crippen LogP contribution in [0.5, 0.6) is 0 Å². The number of rotatable bonds is 5. The van der Waals surface area contributed by atoms with Crippen LogP contribution in [0.3, 0.4) is 0 Å². The summed E-state index contributed by atoms with van der Waals surface area (Å²) < 4.78 is 57.2. The molecule has 1 aliphatic rings. The summed E-state index contributed by atoms with van der Waals surface area (Å²) in [5.41, 5.74) is 2.83. The van der Waals surface area contributed by atoms with Gasteiger partial charge < -0.3 is 9.30 Å². The van der Waals surface area contributed by atoms with Gasteiger partial charge in [-0.1, -0.05) is 35.9 Å². The number of alkyl halides is 3. The van der Waals surface area contributed by atoms with E-state index in [1.165, 1.54) is 6.07 Å². The second-order valence-corrected chi connectivity index (χ2v) is 9.02. The third-order valence-electron chi connectivity index (χ3n) is 6.46. The quantitative estimate of drug-likeness (QED) is 0.249. The van der Waals surface area contributed by atoms with Crippen LogP contribution in [0.15, 0.2) is 42.5 Å². The van der Waals surface area contributed by atoms with Gasteiger partial charge in [0.25, 0.3) is 0 Å². The van der Waals surface area contributed by atoms with E-state index >= 15 is 0 Å². The summed E-state index contributed by atoms with van der Waals surface area (Å²) >= 11 is 6.24. The molecule has 3 aromatic rings. The van der Waals surface area contributed by atoms with E-state index in [-0.39, 0.29) is 11.7 Å². The van der Waals surface area contributed by atoms with Gasteiger partial charge in [0.1, 0.15) is 12.4 Å². The van der Waals surface area contributed by atoms with Crippen molar-refractivity contribution in [1.29, 1.82) is 0 Å². The molecule has 4 rings (SSSR count). The average Bonchev–Trinajstić information content (AvgIpc) is 3.05. The highest BCUT2D eigenvalue weighted by Gasteiger charge is 2.42. The van der Waals surface area contributed by atoms with E-state index in [9.17, 15) is 27.2 Å². The normalized spacial score (nSPS) is 15.5. The minimum atomic E-state index is -5.24. The number of likely N-dealkylation sites (tertiary alicyclic amines) is 1. The standard InChI is InChI=1S/C25H23ClF4N2O3/c1-15-18(13-31-11-9-16(10-12-31)23-19(26)6-4-7-20(23)27)17-5-2-3-8-21(17)32(15)14-22(33)35-24(34)25(28,29)30/h2-8,16H,9-14H2,1H3. The van der Waals surface area contributed by atoms with Gasteiger partial charge in [0, 0.05) is 33.7 Å². The van der Waals surface area contributed by atoms with E-state index in [0.717, 1.165) is 23.8 Å². The average molecular weight is 511 g/mol. The lowest BCUT2D eigenvalue weighted by atomic mass is 9.89. The van der Waals surface area contributed by atoms with Crippen molar-refractivity contribution in [2.45, 2.75) is 44.9 Å². The molecule has 1 aliphatic heterocycles. The molecule has 10 heteroatoms. The first kappa shape index (κ1) is 25.2. The first-order valence-corrected chi connectivity index (χ1v) is 11.5. The van der Waals surface area contributed by atoms with Crippen LogP contribution in [0.25, 0.3) is 10.9 Å². The van der Waals surface area contributed by atoms with Gasteiger partial charge in [0.05, 0.1) is 0 Å². The largest absolute Gasteiger partial charge is 0.491 e. The fourth-order valence-electron chi connectivity index (χ4n) is 4.73. The number of benzene rings is 2. The maximum atomic E-state index is 14.3. The van der Waals surface area contributed by atoms with Gasteiger partial charge in [-0.05, 0) is 62.5 Å². The maximum absolute atomic E-state index is 14.3. The van der Waals surface area contributed by atoms with Gasteiger partial charge in [-0.15, -0.1) is 0 Å². The lowest BCUT2D eigenvalue weighted by Gasteiger charge is -2.32. The molecule has 0 atom stereocenters. The van der Waals surface area contributed by atoms with E-state index in [0.29, 0.717) is 41.4 Å². The smallest absolute Gasteiger partial charge is 0.385 e. The van der Waals surface area contributed by atoms with Crippen LogP contribution in [0.1, 0.15) is 35.6 Å². The van der Waals surface area contributed by atoms with E-state index in [4.69, 9.17) is 11.6 Å². The molecule has 0 bridgehead atoms. The van der Waals surface area contributed by atoms with Crippen LogP contribution < -0.4 is 0 Å². The van der Waals surface area contributed by atoms with Crippen molar-refractivity contribution in [3.8, 4) is 0 Å². The Morgan fingerprint density at radius 2 is 1.77 bits per heavy atom. The van der Waals surface area contributed by atoms with Gasteiger partial charge in [0.2, 0.25) is 0 Å². The molecule has 1 aromatic heterocycles. The lowest BCUT2D eigenvalue weighted by molar-refractivity contribution is -0.202. The molecule has 0 N–H and O–H groups in total. The zero-order chi connectivity index (χ0) is 25.3. The Hall–Kier alpha value is -2.91. The van der Waals surface area contributed by atoms with E-state index in [1.807, 2.05) is 12.1 Å². The summed E-state index contributed by atoms with van der Waals surface area (Å²) in [6, 6.07) is 11.9. The number of nitrogens with zero attached hydrogens (tertiary/aromatic N) is 2. The van der Waals surface area contributed by atoms with E-state index in [2.05, 4.69) is 9.64 Å². The van der Waals surface area contributed by atoms with Crippen molar-refractivity contribution < 1.29 is 31.9 Å². The fourth-order valence-corrected chi connectivity index (χ4v) is 5.05. The predicted molar refractivity (Wildman–Crippen MR) is 122 cm³/mol. The third kappa shape index (κ3) is 5.36. The molecule has 35 heavy (non-hydrogen) atoms. The van der Waals surface area contributed by atoms with Crippen molar-refractivity contribution in [2.24, 2.45) is 0 Å². The Bertz CT molecular complexity index is 1240. The summed E-state index contributed by atoms with van der Waals surface area (Å²) in [5.74, 6) is -4.10. The Kier molecular flexibility index (Phi) is 7.19. The topological polar surface area (TPSA) is 51.5 Å². The molecule has 0 amide bonds. The van der Waals surface area contributed by atoms with Gasteiger partial charge in [-0.3, -0.25) is 4.90 Å². The molecular formula is C25H23ClF4N2O3. The summed E-state index contributed by atoms with van der Waals surface area (Å²) in [5, 5.41) is 1.29. The van der Waals surface area contributed by atoms with Crippen LogP contribution in [0.4, 0.5) is 17.6 Å². The van der Waals surface area contributed by atoms with Crippen molar-refractivity contribution in [3.63, 3.8) is 0 Å². The highest BCUT2D eigenvalue weighted by Crippen LogP contribution is 2.36. The van der Waals surface area contributed by atoms with Gasteiger partial charge in [-0.25, -0.2) is 14.0 Å². The minimum Gasteiger partial charge on any atom is -0.385 e. The first-order chi connectivity index (χ1) is 16.6. The molecule has 1 saturated heterocycles. The van der Waals surface area contributed by atoms with Crippen LogP contribution in [-0.4, -0.2) is 40.7 Å². The SMILES string of the molecule is Cc1c(CN2CCC(c3c(F)cccc3Cl)CC2)c2ccccc2n1CC(=O)OC(=O)C(F)(F)F. The molecule has 0 radical (unpaired) electrons. The van der Waals surface area contributed by atoms with E-state index < -0.39 is 24.7 Å². The van der Waals surface area contributed by atoms with Crippen LogP contribution in [0.2, 0.25) is 5.02 Å². The summed E-state index contributed by atoms with van der Waals surface area (Å²) in [7, 11) is 0. The molecule has 0 aliphatic carbocycles. The molecule has 186 valence electrons. The molecule has 2 heterocycles. The summed E-state index contributed by atoms with van der Waals surface area (Å²) in [6.07, 6.45) is -3.79. The third-order valence-corrected chi connectivity index (χ3v) is 6.79. The number of carbonyl (C=O) groups excluding carboxylic acids is 2. The fraction of sp³-hybridized carbons (Fsp3) is 0.360. The first-order valence-electron chi connectivity index (χ1n) is 11.1. The van der Waals surface area contributed by atoms with Crippen molar-refractivity contribution in [1.82, 2.24) is 9.47 Å². The maximum Gasteiger partial charge on any atom is 0.491 e. The molecule has 2 aromatic carbocycles. The molecule has 0 saturated carbocycles. The Balaban J connectivity index is 1.50. The van der Waals surface area contributed by atoms with Crippen molar-refractivity contribution in [3.05, 3.63) is 70.1 Å². The zero-order valence-electron chi connectivity index (χ0n) is 18.9. The molecular weight excluding hydrogens is 488 g/mol. The van der Waals surface area contributed by atoms with Gasteiger partial charge in [0.15, 0.2) is 0 Å². The Labute approximate surface area is 204 Å². The number of carbonyl (C=O) groups is 2. The highest BCUT2D eigenvalue weighted by molar-refractivity contribution is 6.31. The van der Waals surface area contributed by atoms with Gasteiger partial charge >= 0.3 is 18.1 Å². The van der Waals surface area contributed by atoms with Gasteiger partial charge in [-0.2, -0.15) is 13.2 Å². The number of aromatic nitrogens is 1. The molecule has 0 unspecified atom stereocenters. The zero-order valence-corrected chi connectivity index (χ0v) is 19.6. The number of ether oxygens (including phenoxy) is 1. The number of hydrogen-bond acceptors (Lipinski definition) is 4. The monoisotopic (exact) mass is 510 g/mol. The number of hydrogen-bond donors (Lipinski definition) is 0. The van der Waals surface area contributed by atoms with Crippen molar-refractivity contribution in [2.75, 3.05) is 13.1 Å². The highest BCUT2D eigenvalue weighted by atomic mass is 35.5. The second kappa shape index (κ2) is 9.99. The molecule has 5 nitrogen and oxygen atoms in total. The number of fused-ring (bicyclic) bond motifs is 1. The van der Waals surface area contributed by atoms with E-state index in [1.54, 1.807) is 35.8 Å². The number of halogens is 5. The second-order valence-electron chi connectivity index (χ2n) is 8.61. The number of esters is 2. The van der Waals surface area contributed by atoms with Crippen molar-refractivity contribution >= 4 is 34.4 Å². The summed E-state index contributed by atoms with van der Waals surface area (Å²) in [6.45, 7) is 3.21. The molecule has 0 spiro atoms. The predicted octanol–water partition coefficient (Wildman–Crippen LogP) is 5.75. The van der Waals surface area contributed by atoms with Crippen LogP contribution >= 0.6 is 11.6 Å². The van der Waals surface area contributed by atoms with Crippen LogP contribution in [-0.2, 0) is 27.4 Å². The lowest BCUT2D eigenvalue weighted by Crippen LogP contribution is -2.33. The minimum absolute atomic E-state index is 0.0170. The van der Waals surface area contributed by atoms with Crippen LogP contribution in [0, 0.1) is 12.7 Å². The molecule has 1 fully saturated rings. The number of piperidine rings is 1. The number of para-hydroxylation sites is 1. The summed E-state index contributed by atoms with van der Waals surface area (Å²) in [4.78, 5) is 25.3.